The van der Waals surface area contributed by atoms with E-state index in [0.717, 1.165) is 0 Å². The van der Waals surface area contributed by atoms with E-state index in [4.69, 9.17) is 6.42 Å². The highest BCUT2D eigenvalue weighted by Crippen LogP contribution is 2.30. The van der Waals surface area contributed by atoms with Crippen LogP contribution in [-0.4, -0.2) is 6.18 Å². The number of hydrogen-bond donors (Lipinski definition) is 0. The lowest BCUT2D eigenvalue weighted by Gasteiger charge is -2.14. The molecule has 0 amide bonds. The summed E-state index contributed by atoms with van der Waals surface area (Å²) in [7, 11) is 0. The fourth-order valence-corrected chi connectivity index (χ4v) is 0.634. The van der Waals surface area contributed by atoms with Gasteiger partial charge in [-0.05, 0) is 6.42 Å². The Balaban J connectivity index is 3.97. The topological polar surface area (TPSA) is 0 Å². The van der Waals surface area contributed by atoms with Crippen LogP contribution in [0.15, 0.2) is 0 Å². The van der Waals surface area contributed by atoms with Crippen LogP contribution in [0.25, 0.3) is 0 Å². The Morgan fingerprint density at radius 1 is 1.50 bits per heavy atom. The Labute approximate surface area is 58.4 Å². The Morgan fingerprint density at radius 2 is 2.00 bits per heavy atom. The van der Waals surface area contributed by atoms with E-state index in [1.54, 1.807) is 0 Å². The average Bonchev–Trinajstić information content (AvgIpc) is 1.80. The summed E-state index contributed by atoms with van der Waals surface area (Å²) in [5, 5.41) is 0. The third-order valence-corrected chi connectivity index (χ3v) is 1.32. The molecule has 0 saturated carbocycles. The van der Waals surface area contributed by atoms with Crippen molar-refractivity contribution in [3.63, 3.8) is 0 Å². The monoisotopic (exact) mass is 150 g/mol. The molecule has 1 unspecified atom stereocenters. The summed E-state index contributed by atoms with van der Waals surface area (Å²) in [6.07, 6.45) is 0.483. The first-order valence-electron chi connectivity index (χ1n) is 3.02. The van der Waals surface area contributed by atoms with E-state index in [1.165, 1.54) is 6.92 Å². The maximum atomic E-state index is 11.8. The number of terminal acetylenes is 1. The first-order chi connectivity index (χ1) is 4.52. The van der Waals surface area contributed by atoms with Crippen molar-refractivity contribution < 1.29 is 13.2 Å². The number of rotatable bonds is 2. The van der Waals surface area contributed by atoms with E-state index < -0.39 is 12.1 Å². The molecule has 0 aliphatic heterocycles. The molecule has 0 aliphatic rings. The minimum atomic E-state index is -4.12. The van der Waals surface area contributed by atoms with Crippen molar-refractivity contribution in [2.75, 3.05) is 0 Å². The number of hydrogen-bond acceptors (Lipinski definition) is 0. The largest absolute Gasteiger partial charge is 0.392 e. The minimum Gasteiger partial charge on any atom is -0.171 e. The van der Waals surface area contributed by atoms with Crippen molar-refractivity contribution in [2.24, 2.45) is 5.92 Å². The van der Waals surface area contributed by atoms with Crippen molar-refractivity contribution in [3.8, 4) is 12.3 Å². The summed E-state index contributed by atoms with van der Waals surface area (Å²) in [5.41, 5.74) is 0. The highest BCUT2D eigenvalue weighted by atomic mass is 19.4. The molecule has 0 heterocycles. The second-order valence-corrected chi connectivity index (χ2v) is 2.06. The Morgan fingerprint density at radius 3 is 2.10 bits per heavy atom. The third-order valence-electron chi connectivity index (χ3n) is 1.32. The molecule has 58 valence electrons. The molecule has 0 radical (unpaired) electrons. The van der Waals surface area contributed by atoms with Crippen molar-refractivity contribution in [2.45, 2.75) is 25.9 Å². The fraction of sp³-hybridized carbons (Fsp3) is 0.714. The van der Waals surface area contributed by atoms with Crippen LogP contribution in [0.4, 0.5) is 13.2 Å². The van der Waals surface area contributed by atoms with Gasteiger partial charge >= 0.3 is 6.18 Å². The predicted octanol–water partition coefficient (Wildman–Crippen LogP) is 2.60. The van der Waals surface area contributed by atoms with Gasteiger partial charge in [0.1, 0.15) is 0 Å². The average molecular weight is 150 g/mol. The van der Waals surface area contributed by atoms with Crippen LogP contribution in [-0.2, 0) is 0 Å². The summed E-state index contributed by atoms with van der Waals surface area (Å²) in [6.45, 7) is 1.48. The van der Waals surface area contributed by atoms with Crippen LogP contribution in [0.3, 0.4) is 0 Å². The minimum absolute atomic E-state index is 0.0632. The molecule has 0 aliphatic carbocycles. The second-order valence-electron chi connectivity index (χ2n) is 2.06. The van der Waals surface area contributed by atoms with Gasteiger partial charge in [-0.3, -0.25) is 0 Å². The first-order valence-corrected chi connectivity index (χ1v) is 3.02. The molecule has 0 spiro atoms. The van der Waals surface area contributed by atoms with E-state index in [-0.39, 0.29) is 12.8 Å². The van der Waals surface area contributed by atoms with Crippen LogP contribution in [0, 0.1) is 18.3 Å². The van der Waals surface area contributed by atoms with E-state index in [9.17, 15) is 13.2 Å². The molecule has 0 bridgehead atoms. The van der Waals surface area contributed by atoms with E-state index in [1.807, 2.05) is 5.92 Å². The third kappa shape index (κ3) is 2.77. The standard InChI is InChI=1S/C7H9F3/c1-3-5-6(4-2)7(8,9)10/h1,6H,4-5H2,2H3. The number of alkyl halides is 3. The molecule has 0 rings (SSSR count). The molecule has 0 aromatic carbocycles. The molecule has 1 atom stereocenters. The lowest BCUT2D eigenvalue weighted by atomic mass is 10.0. The maximum absolute atomic E-state index is 11.8. The fourth-order valence-electron chi connectivity index (χ4n) is 0.634. The van der Waals surface area contributed by atoms with Gasteiger partial charge in [0.15, 0.2) is 0 Å². The summed E-state index contributed by atoms with van der Waals surface area (Å²) < 4.78 is 35.4. The van der Waals surface area contributed by atoms with Crippen LogP contribution < -0.4 is 0 Å². The van der Waals surface area contributed by atoms with Crippen molar-refractivity contribution in [1.29, 1.82) is 0 Å². The van der Waals surface area contributed by atoms with Gasteiger partial charge in [-0.1, -0.05) is 6.92 Å². The Hall–Kier alpha value is -0.650. The van der Waals surface area contributed by atoms with Crippen molar-refractivity contribution in [1.82, 2.24) is 0 Å². The van der Waals surface area contributed by atoms with E-state index in [2.05, 4.69) is 0 Å². The second kappa shape index (κ2) is 3.50. The first kappa shape index (κ1) is 9.35. The van der Waals surface area contributed by atoms with E-state index in [0.29, 0.717) is 0 Å². The molecule has 10 heavy (non-hydrogen) atoms. The molecule has 0 aromatic heterocycles. The zero-order valence-electron chi connectivity index (χ0n) is 5.70. The molecule has 3 heteroatoms. The summed E-state index contributed by atoms with van der Waals surface area (Å²) >= 11 is 0. The zero-order chi connectivity index (χ0) is 8.20. The highest BCUT2D eigenvalue weighted by Gasteiger charge is 2.37. The van der Waals surface area contributed by atoms with Gasteiger partial charge in [-0.2, -0.15) is 13.2 Å². The molecular formula is C7H9F3. The lowest BCUT2D eigenvalue weighted by molar-refractivity contribution is -0.173. The lowest BCUT2D eigenvalue weighted by Crippen LogP contribution is -2.21. The molecule has 0 aromatic rings. The molecule has 0 nitrogen and oxygen atoms in total. The van der Waals surface area contributed by atoms with Gasteiger partial charge in [0.05, 0.1) is 5.92 Å². The summed E-state index contributed by atoms with van der Waals surface area (Å²) in [6, 6.07) is 0. The smallest absolute Gasteiger partial charge is 0.171 e. The normalized spacial score (nSPS) is 14.3. The van der Waals surface area contributed by atoms with Crippen LogP contribution in [0.2, 0.25) is 0 Å². The highest BCUT2D eigenvalue weighted by molar-refractivity contribution is 4.88. The molecule has 0 saturated heterocycles. The maximum Gasteiger partial charge on any atom is 0.392 e. The van der Waals surface area contributed by atoms with E-state index >= 15 is 0 Å². The Kier molecular flexibility index (Phi) is 3.27. The summed E-state index contributed by atoms with van der Waals surface area (Å²) in [4.78, 5) is 0. The van der Waals surface area contributed by atoms with Gasteiger partial charge in [0.2, 0.25) is 0 Å². The van der Waals surface area contributed by atoms with Crippen LogP contribution in [0.5, 0.6) is 0 Å². The Bertz CT molecular complexity index is 129. The van der Waals surface area contributed by atoms with Gasteiger partial charge in [-0.25, -0.2) is 0 Å². The van der Waals surface area contributed by atoms with Crippen LogP contribution in [0.1, 0.15) is 19.8 Å². The quantitative estimate of drug-likeness (QED) is 0.531. The van der Waals surface area contributed by atoms with Crippen LogP contribution >= 0.6 is 0 Å². The number of halogens is 3. The van der Waals surface area contributed by atoms with Gasteiger partial charge in [0.25, 0.3) is 0 Å². The van der Waals surface area contributed by atoms with Crippen molar-refractivity contribution in [3.05, 3.63) is 0 Å². The van der Waals surface area contributed by atoms with Crippen molar-refractivity contribution >= 4 is 0 Å². The molecule has 0 N–H and O–H groups in total. The van der Waals surface area contributed by atoms with Gasteiger partial charge < -0.3 is 0 Å². The molecule has 0 fully saturated rings. The van der Waals surface area contributed by atoms with Gasteiger partial charge in [-0.15, -0.1) is 12.3 Å². The predicted molar refractivity (Wildman–Crippen MR) is 33.3 cm³/mol. The summed E-state index contributed by atoms with van der Waals surface area (Å²) in [5.74, 6) is 0.683. The SMILES string of the molecule is C#CCC(CC)C(F)(F)F. The zero-order valence-corrected chi connectivity index (χ0v) is 5.70. The van der Waals surface area contributed by atoms with Gasteiger partial charge in [0, 0.05) is 6.42 Å². The molecular weight excluding hydrogens is 141 g/mol.